The lowest BCUT2D eigenvalue weighted by molar-refractivity contribution is 0.0920. The molecule has 1 aliphatic rings. The number of rotatable bonds is 3. The molecule has 2 aromatic heterocycles. The number of hydrogen-bond acceptors (Lipinski definition) is 5. The van der Waals surface area contributed by atoms with Crippen molar-refractivity contribution in [3.05, 3.63) is 41.4 Å². The molecule has 0 fully saturated rings. The molecule has 0 unspecified atom stereocenters. The van der Waals surface area contributed by atoms with Crippen LogP contribution < -0.4 is 11.3 Å². The highest BCUT2D eigenvalue weighted by Gasteiger charge is 2.20. The number of carbonyl (C=O) groups is 1. The van der Waals surface area contributed by atoms with E-state index in [2.05, 4.69) is 19.9 Å². The lowest BCUT2D eigenvalue weighted by Crippen LogP contribution is -2.33. The largest absolute Gasteiger partial charge is 0.454 e. The Kier molecular flexibility index (Phi) is 3.29. The van der Waals surface area contributed by atoms with E-state index >= 15 is 0 Å². The van der Waals surface area contributed by atoms with Gasteiger partial charge in [0.05, 0.1) is 13.1 Å². The first-order valence-electron chi connectivity index (χ1n) is 6.50. The number of hydrogen-bond donors (Lipinski definition) is 2. The number of fused-ring (bicyclic) bond motifs is 1. The maximum absolute atomic E-state index is 11.5. The Balaban J connectivity index is 1.71. The predicted molar refractivity (Wildman–Crippen MR) is 71.4 cm³/mol. The third kappa shape index (κ3) is 2.33. The van der Waals surface area contributed by atoms with E-state index in [1.165, 1.54) is 0 Å². The van der Waals surface area contributed by atoms with Crippen LogP contribution in [-0.2, 0) is 19.6 Å². The summed E-state index contributed by atoms with van der Waals surface area (Å²) < 4.78 is 7.73. The molecule has 106 valence electrons. The average Bonchev–Trinajstić information content (AvgIpc) is 3.04. The molecule has 20 heavy (non-hydrogen) atoms. The molecule has 7 nitrogen and oxygen atoms in total. The Bertz CT molecular complexity index is 630. The van der Waals surface area contributed by atoms with Gasteiger partial charge >= 0.3 is 5.91 Å². The van der Waals surface area contributed by atoms with E-state index in [0.29, 0.717) is 6.54 Å². The molecule has 0 saturated carbocycles. The molecule has 0 spiro atoms. The van der Waals surface area contributed by atoms with E-state index in [1.807, 2.05) is 25.4 Å². The number of nitrogens with zero attached hydrogens (tertiary/aromatic N) is 3. The summed E-state index contributed by atoms with van der Waals surface area (Å²) in [6.07, 6.45) is 3.81. The molecule has 3 rings (SSSR count). The fraction of sp³-hybridized carbons (Fsp3) is 0.385. The first kappa shape index (κ1) is 12.9. The van der Waals surface area contributed by atoms with Crippen LogP contribution in [0.25, 0.3) is 0 Å². The molecule has 0 saturated heterocycles. The smallest absolute Gasteiger partial charge is 0.301 e. The minimum Gasteiger partial charge on any atom is -0.454 e. The van der Waals surface area contributed by atoms with Crippen LogP contribution in [0.3, 0.4) is 0 Å². The van der Waals surface area contributed by atoms with E-state index in [-0.39, 0.29) is 5.76 Å². The summed E-state index contributed by atoms with van der Waals surface area (Å²) in [6, 6.07) is 1.88. The Hall–Kier alpha value is -2.12. The molecule has 1 aliphatic heterocycles. The summed E-state index contributed by atoms with van der Waals surface area (Å²) in [5.74, 6) is 6.83. The average molecular weight is 275 g/mol. The van der Waals surface area contributed by atoms with Crippen molar-refractivity contribution in [3.8, 4) is 0 Å². The van der Waals surface area contributed by atoms with Gasteiger partial charge in [-0.3, -0.25) is 15.1 Å². The number of imidazole rings is 1. The SMILES string of the molecule is Cc1cc(CN2CCn3ccnc3C2)oc1C(=O)NN. The summed E-state index contributed by atoms with van der Waals surface area (Å²) in [5.41, 5.74) is 2.88. The van der Waals surface area contributed by atoms with Crippen molar-refractivity contribution in [1.82, 2.24) is 19.9 Å². The zero-order valence-electron chi connectivity index (χ0n) is 11.3. The minimum atomic E-state index is -0.400. The van der Waals surface area contributed by atoms with Crippen molar-refractivity contribution in [2.45, 2.75) is 26.6 Å². The fourth-order valence-electron chi connectivity index (χ4n) is 2.50. The maximum atomic E-state index is 11.5. The van der Waals surface area contributed by atoms with Gasteiger partial charge < -0.3 is 8.98 Å². The van der Waals surface area contributed by atoms with Gasteiger partial charge in [0.15, 0.2) is 5.76 Å². The predicted octanol–water partition coefficient (Wildman–Crippen LogP) is 0.404. The second-order valence-electron chi connectivity index (χ2n) is 4.95. The van der Waals surface area contributed by atoms with Gasteiger partial charge in [0, 0.05) is 31.0 Å². The topological polar surface area (TPSA) is 89.3 Å². The van der Waals surface area contributed by atoms with E-state index in [1.54, 1.807) is 0 Å². The molecule has 0 bridgehead atoms. The number of carbonyl (C=O) groups excluding carboxylic acids is 1. The number of hydrazine groups is 1. The number of nitrogens with one attached hydrogen (secondary N) is 1. The Morgan fingerprint density at radius 1 is 1.55 bits per heavy atom. The highest BCUT2D eigenvalue weighted by atomic mass is 16.4. The van der Waals surface area contributed by atoms with Crippen molar-refractivity contribution < 1.29 is 9.21 Å². The molecule has 1 amide bonds. The van der Waals surface area contributed by atoms with E-state index in [9.17, 15) is 4.79 Å². The van der Waals surface area contributed by atoms with Gasteiger partial charge in [-0.15, -0.1) is 0 Å². The number of aromatic nitrogens is 2. The summed E-state index contributed by atoms with van der Waals surface area (Å²) in [7, 11) is 0. The maximum Gasteiger partial charge on any atom is 0.301 e. The van der Waals surface area contributed by atoms with Gasteiger partial charge in [0.1, 0.15) is 11.6 Å². The Morgan fingerprint density at radius 2 is 2.40 bits per heavy atom. The zero-order chi connectivity index (χ0) is 14.1. The number of nitrogen functional groups attached to an aromatic ring is 1. The number of nitrogens with two attached hydrogens (primary N) is 1. The molecule has 3 heterocycles. The van der Waals surface area contributed by atoms with Crippen LogP contribution >= 0.6 is 0 Å². The van der Waals surface area contributed by atoms with Crippen molar-refractivity contribution in [2.75, 3.05) is 6.54 Å². The van der Waals surface area contributed by atoms with Gasteiger partial charge in [-0.2, -0.15) is 0 Å². The standard InChI is InChI=1S/C13H17N5O2/c1-9-6-10(20-12(9)13(19)16-14)7-17-4-5-18-3-2-15-11(18)8-17/h2-3,6H,4-5,7-8,14H2,1H3,(H,16,19). The molecule has 7 heteroatoms. The van der Waals surface area contributed by atoms with Gasteiger partial charge in [0.25, 0.3) is 0 Å². The fourth-order valence-corrected chi connectivity index (χ4v) is 2.50. The van der Waals surface area contributed by atoms with Crippen LogP contribution in [0.2, 0.25) is 0 Å². The number of amides is 1. The lowest BCUT2D eigenvalue weighted by atomic mass is 10.2. The normalized spacial score (nSPS) is 15.1. The van der Waals surface area contributed by atoms with Crippen molar-refractivity contribution in [3.63, 3.8) is 0 Å². The molecule has 0 aromatic carbocycles. The van der Waals surface area contributed by atoms with Crippen LogP contribution in [0.1, 0.15) is 27.7 Å². The lowest BCUT2D eigenvalue weighted by Gasteiger charge is -2.26. The molecule has 0 radical (unpaired) electrons. The summed E-state index contributed by atoms with van der Waals surface area (Å²) in [5, 5.41) is 0. The molecule has 0 atom stereocenters. The van der Waals surface area contributed by atoms with E-state index in [4.69, 9.17) is 10.3 Å². The van der Waals surface area contributed by atoms with Crippen molar-refractivity contribution in [2.24, 2.45) is 5.84 Å². The highest BCUT2D eigenvalue weighted by Crippen LogP contribution is 2.19. The minimum absolute atomic E-state index is 0.279. The quantitative estimate of drug-likeness (QED) is 0.481. The molecular weight excluding hydrogens is 258 g/mol. The van der Waals surface area contributed by atoms with Crippen LogP contribution in [0.5, 0.6) is 0 Å². The summed E-state index contributed by atoms with van der Waals surface area (Å²) >= 11 is 0. The Morgan fingerprint density at radius 3 is 3.20 bits per heavy atom. The van der Waals surface area contributed by atoms with Crippen molar-refractivity contribution in [1.29, 1.82) is 0 Å². The van der Waals surface area contributed by atoms with Gasteiger partial charge in [-0.05, 0) is 13.0 Å². The van der Waals surface area contributed by atoms with Crippen LogP contribution in [0, 0.1) is 6.92 Å². The second kappa shape index (κ2) is 5.10. The first-order valence-corrected chi connectivity index (χ1v) is 6.50. The van der Waals surface area contributed by atoms with E-state index < -0.39 is 5.91 Å². The molecule has 3 N–H and O–H groups in total. The van der Waals surface area contributed by atoms with E-state index in [0.717, 1.165) is 36.8 Å². The highest BCUT2D eigenvalue weighted by molar-refractivity contribution is 5.92. The molecular formula is C13H17N5O2. The van der Waals surface area contributed by atoms with Crippen LogP contribution in [0.4, 0.5) is 0 Å². The van der Waals surface area contributed by atoms with Gasteiger partial charge in [0.2, 0.25) is 0 Å². The Labute approximate surface area is 116 Å². The van der Waals surface area contributed by atoms with Crippen molar-refractivity contribution >= 4 is 5.91 Å². The third-order valence-electron chi connectivity index (χ3n) is 3.51. The number of aryl methyl sites for hydroxylation is 1. The van der Waals surface area contributed by atoms with Crippen LogP contribution in [0.15, 0.2) is 22.9 Å². The molecule has 0 aliphatic carbocycles. The monoisotopic (exact) mass is 275 g/mol. The van der Waals surface area contributed by atoms with Crippen LogP contribution in [-0.4, -0.2) is 26.9 Å². The summed E-state index contributed by atoms with van der Waals surface area (Å²) in [6.45, 7) is 5.13. The number of furan rings is 1. The summed E-state index contributed by atoms with van der Waals surface area (Å²) in [4.78, 5) is 18.1. The van der Waals surface area contributed by atoms with Gasteiger partial charge in [-0.1, -0.05) is 0 Å². The third-order valence-corrected chi connectivity index (χ3v) is 3.51. The van der Waals surface area contributed by atoms with Gasteiger partial charge in [-0.25, -0.2) is 10.8 Å². The first-order chi connectivity index (χ1) is 9.67. The second-order valence-corrected chi connectivity index (χ2v) is 4.95. The molecule has 2 aromatic rings. The zero-order valence-corrected chi connectivity index (χ0v) is 11.3.